The maximum atomic E-state index is 5.32. The molecule has 0 amide bonds. The molecule has 0 aliphatic rings. The first-order chi connectivity index (χ1) is 8.29. The summed E-state index contributed by atoms with van der Waals surface area (Å²) in [7, 11) is 1.69. The van der Waals surface area contributed by atoms with E-state index in [4.69, 9.17) is 4.74 Å². The molecule has 2 rings (SSSR count). The Morgan fingerprint density at radius 3 is 2.94 bits per heavy atom. The Morgan fingerprint density at radius 2 is 2.24 bits per heavy atom. The van der Waals surface area contributed by atoms with Crippen LogP contribution in [-0.4, -0.2) is 27.7 Å². The summed E-state index contributed by atoms with van der Waals surface area (Å²) in [6, 6.07) is 6.02. The minimum Gasteiger partial charge on any atom is -0.496 e. The van der Waals surface area contributed by atoms with Gasteiger partial charge in [-0.05, 0) is 36.6 Å². The number of aromatic nitrogens is 4. The van der Waals surface area contributed by atoms with Crippen molar-refractivity contribution in [3.63, 3.8) is 0 Å². The van der Waals surface area contributed by atoms with Gasteiger partial charge in [0.15, 0.2) is 5.82 Å². The van der Waals surface area contributed by atoms with Gasteiger partial charge in [0, 0.05) is 10.9 Å². The SMILES string of the molecule is COc1ccc(Br)cc1CCCc1nn[nH]n1. The zero-order valence-electron chi connectivity index (χ0n) is 9.48. The third-order valence-electron chi connectivity index (χ3n) is 2.48. The topological polar surface area (TPSA) is 63.7 Å². The Morgan fingerprint density at radius 1 is 1.35 bits per heavy atom. The molecule has 6 heteroatoms. The molecule has 0 saturated carbocycles. The van der Waals surface area contributed by atoms with Crippen molar-refractivity contribution in [2.75, 3.05) is 7.11 Å². The van der Waals surface area contributed by atoms with Crippen molar-refractivity contribution in [1.29, 1.82) is 0 Å². The number of hydrogen-bond donors (Lipinski definition) is 1. The van der Waals surface area contributed by atoms with Crippen LogP contribution in [0.3, 0.4) is 0 Å². The van der Waals surface area contributed by atoms with E-state index in [9.17, 15) is 0 Å². The molecule has 0 bridgehead atoms. The summed E-state index contributed by atoms with van der Waals surface area (Å²) in [6.45, 7) is 0. The first kappa shape index (κ1) is 12.0. The number of methoxy groups -OCH3 is 1. The van der Waals surface area contributed by atoms with Crippen LogP contribution >= 0.6 is 15.9 Å². The molecule has 0 fully saturated rings. The van der Waals surface area contributed by atoms with Crippen molar-refractivity contribution in [3.05, 3.63) is 34.1 Å². The maximum Gasteiger partial charge on any atom is 0.174 e. The van der Waals surface area contributed by atoms with Crippen LogP contribution in [-0.2, 0) is 12.8 Å². The summed E-state index contributed by atoms with van der Waals surface area (Å²) in [5.41, 5.74) is 1.19. The Kier molecular flexibility index (Phi) is 4.08. The van der Waals surface area contributed by atoms with Gasteiger partial charge in [0.2, 0.25) is 0 Å². The normalized spacial score (nSPS) is 10.5. The molecule has 0 unspecified atom stereocenters. The molecule has 0 aliphatic heterocycles. The Bertz CT molecular complexity index is 472. The van der Waals surface area contributed by atoms with Gasteiger partial charge in [-0.3, -0.25) is 0 Å². The van der Waals surface area contributed by atoms with Gasteiger partial charge in [-0.2, -0.15) is 5.21 Å². The number of H-pyrrole nitrogens is 1. The molecule has 1 N–H and O–H groups in total. The minimum atomic E-state index is 0.749. The van der Waals surface area contributed by atoms with E-state index >= 15 is 0 Å². The van der Waals surface area contributed by atoms with E-state index in [1.54, 1.807) is 7.11 Å². The second-order valence-electron chi connectivity index (χ2n) is 3.64. The highest BCUT2D eigenvalue weighted by Crippen LogP contribution is 2.24. The van der Waals surface area contributed by atoms with Crippen LogP contribution in [0.2, 0.25) is 0 Å². The highest BCUT2D eigenvalue weighted by molar-refractivity contribution is 9.10. The number of aryl methyl sites for hydroxylation is 2. The largest absolute Gasteiger partial charge is 0.496 e. The Labute approximate surface area is 108 Å². The lowest BCUT2D eigenvalue weighted by atomic mass is 10.1. The average molecular weight is 297 g/mol. The summed E-state index contributed by atoms with van der Waals surface area (Å²) < 4.78 is 6.38. The molecule has 1 heterocycles. The van der Waals surface area contributed by atoms with E-state index in [1.807, 2.05) is 12.1 Å². The smallest absolute Gasteiger partial charge is 0.174 e. The van der Waals surface area contributed by atoms with E-state index in [1.165, 1.54) is 5.56 Å². The zero-order chi connectivity index (χ0) is 12.1. The monoisotopic (exact) mass is 296 g/mol. The van der Waals surface area contributed by atoms with Crippen molar-refractivity contribution < 1.29 is 4.74 Å². The van der Waals surface area contributed by atoms with Gasteiger partial charge in [0.1, 0.15) is 5.75 Å². The first-order valence-electron chi connectivity index (χ1n) is 5.34. The summed E-state index contributed by atoms with van der Waals surface area (Å²) in [4.78, 5) is 0. The van der Waals surface area contributed by atoms with E-state index in [0.29, 0.717) is 0 Å². The number of nitrogens with zero attached hydrogens (tertiary/aromatic N) is 3. The van der Waals surface area contributed by atoms with Gasteiger partial charge in [-0.25, -0.2) is 0 Å². The number of ether oxygens (including phenoxy) is 1. The number of nitrogens with one attached hydrogen (secondary N) is 1. The molecule has 2 aromatic rings. The predicted octanol–water partition coefficient (Wildman–Crippen LogP) is 2.15. The van der Waals surface area contributed by atoms with Gasteiger partial charge in [-0.15, -0.1) is 10.2 Å². The van der Waals surface area contributed by atoms with Gasteiger partial charge in [0.05, 0.1) is 7.11 Å². The highest BCUT2D eigenvalue weighted by atomic mass is 79.9. The fourth-order valence-electron chi connectivity index (χ4n) is 1.67. The van der Waals surface area contributed by atoms with Gasteiger partial charge in [-0.1, -0.05) is 21.1 Å². The van der Waals surface area contributed by atoms with Gasteiger partial charge >= 0.3 is 0 Å². The average Bonchev–Trinajstić information content (AvgIpc) is 2.82. The quantitative estimate of drug-likeness (QED) is 0.918. The van der Waals surface area contributed by atoms with Crippen molar-refractivity contribution in [3.8, 4) is 5.75 Å². The molecular formula is C11H13BrN4O. The van der Waals surface area contributed by atoms with E-state index in [0.717, 1.165) is 35.3 Å². The maximum absolute atomic E-state index is 5.32. The van der Waals surface area contributed by atoms with Crippen molar-refractivity contribution in [2.45, 2.75) is 19.3 Å². The fraction of sp³-hybridized carbons (Fsp3) is 0.364. The van der Waals surface area contributed by atoms with Crippen LogP contribution in [0.4, 0.5) is 0 Å². The molecular weight excluding hydrogens is 284 g/mol. The number of rotatable bonds is 5. The number of halogens is 1. The summed E-state index contributed by atoms with van der Waals surface area (Å²) in [6.07, 6.45) is 2.70. The fourth-order valence-corrected chi connectivity index (χ4v) is 2.08. The molecule has 90 valence electrons. The Balaban J connectivity index is 1.96. The summed E-state index contributed by atoms with van der Waals surface area (Å²) in [5.74, 6) is 1.67. The van der Waals surface area contributed by atoms with Gasteiger partial charge < -0.3 is 4.74 Å². The van der Waals surface area contributed by atoms with E-state index in [-0.39, 0.29) is 0 Å². The highest BCUT2D eigenvalue weighted by Gasteiger charge is 2.05. The van der Waals surface area contributed by atoms with Crippen LogP contribution < -0.4 is 4.74 Å². The number of aromatic amines is 1. The molecule has 0 aliphatic carbocycles. The van der Waals surface area contributed by atoms with Gasteiger partial charge in [0.25, 0.3) is 0 Å². The van der Waals surface area contributed by atoms with Crippen LogP contribution in [0.15, 0.2) is 22.7 Å². The molecule has 0 radical (unpaired) electrons. The van der Waals surface area contributed by atoms with Crippen molar-refractivity contribution >= 4 is 15.9 Å². The molecule has 0 saturated heterocycles. The molecule has 1 aromatic carbocycles. The number of benzene rings is 1. The van der Waals surface area contributed by atoms with E-state index < -0.39 is 0 Å². The lowest BCUT2D eigenvalue weighted by Crippen LogP contribution is -1.95. The van der Waals surface area contributed by atoms with Crippen LogP contribution in [0.1, 0.15) is 17.8 Å². The van der Waals surface area contributed by atoms with Crippen LogP contribution in [0.5, 0.6) is 5.75 Å². The van der Waals surface area contributed by atoms with E-state index in [2.05, 4.69) is 42.6 Å². The van der Waals surface area contributed by atoms with Crippen molar-refractivity contribution in [1.82, 2.24) is 20.6 Å². The molecule has 5 nitrogen and oxygen atoms in total. The second kappa shape index (κ2) is 5.77. The second-order valence-corrected chi connectivity index (χ2v) is 4.55. The third kappa shape index (κ3) is 3.26. The summed E-state index contributed by atoms with van der Waals surface area (Å²) in [5, 5.41) is 13.8. The van der Waals surface area contributed by atoms with Crippen LogP contribution in [0, 0.1) is 0 Å². The van der Waals surface area contributed by atoms with Crippen LogP contribution in [0.25, 0.3) is 0 Å². The number of tetrazole rings is 1. The van der Waals surface area contributed by atoms with Crippen molar-refractivity contribution in [2.24, 2.45) is 0 Å². The lowest BCUT2D eigenvalue weighted by Gasteiger charge is -2.08. The summed E-state index contributed by atoms with van der Waals surface area (Å²) >= 11 is 3.46. The standard InChI is InChI=1S/C11H13BrN4O/c1-17-10-6-5-9(12)7-8(10)3-2-4-11-13-15-16-14-11/h5-7H,2-4H2,1H3,(H,13,14,15,16). The Hall–Kier alpha value is -1.43. The minimum absolute atomic E-state index is 0.749. The number of hydrogen-bond acceptors (Lipinski definition) is 4. The zero-order valence-corrected chi connectivity index (χ0v) is 11.1. The molecule has 1 aromatic heterocycles. The third-order valence-corrected chi connectivity index (χ3v) is 2.97. The predicted molar refractivity (Wildman–Crippen MR) is 66.9 cm³/mol. The molecule has 17 heavy (non-hydrogen) atoms. The molecule has 0 atom stereocenters. The lowest BCUT2D eigenvalue weighted by molar-refractivity contribution is 0.409. The first-order valence-corrected chi connectivity index (χ1v) is 6.13. The molecule has 0 spiro atoms.